The molecule has 1 aromatic rings. The standard InChI is InChI=1S/C15H24ClFN2O/c1-11(2)10-19(6-7-20-3)15(9-18)13-8-12(16)4-5-14(13)17/h4-5,8,11,15H,6-7,9-10,18H2,1-3H3. The Bertz CT molecular complexity index is 415. The Labute approximate surface area is 125 Å². The van der Waals surface area contributed by atoms with Crippen molar-refractivity contribution in [2.24, 2.45) is 11.7 Å². The molecule has 0 aliphatic carbocycles. The summed E-state index contributed by atoms with van der Waals surface area (Å²) in [6, 6.07) is 4.42. The van der Waals surface area contributed by atoms with Crippen LogP contribution in [0.3, 0.4) is 0 Å². The Balaban J connectivity index is 3.01. The van der Waals surface area contributed by atoms with Crippen molar-refractivity contribution in [1.82, 2.24) is 4.90 Å². The molecule has 0 saturated heterocycles. The Morgan fingerprint density at radius 3 is 2.65 bits per heavy atom. The lowest BCUT2D eigenvalue weighted by Crippen LogP contribution is -2.38. The Morgan fingerprint density at radius 1 is 1.40 bits per heavy atom. The zero-order valence-electron chi connectivity index (χ0n) is 12.4. The predicted octanol–water partition coefficient (Wildman–Crippen LogP) is 3.08. The molecule has 0 fully saturated rings. The number of hydrogen-bond acceptors (Lipinski definition) is 3. The van der Waals surface area contributed by atoms with Crippen molar-refractivity contribution in [3.8, 4) is 0 Å². The average Bonchev–Trinajstić information content (AvgIpc) is 2.40. The smallest absolute Gasteiger partial charge is 0.128 e. The fourth-order valence-corrected chi connectivity index (χ4v) is 2.48. The molecule has 114 valence electrons. The van der Waals surface area contributed by atoms with Crippen LogP contribution in [0.25, 0.3) is 0 Å². The van der Waals surface area contributed by atoms with Gasteiger partial charge in [-0.3, -0.25) is 4.90 Å². The third-order valence-electron chi connectivity index (χ3n) is 3.16. The zero-order valence-corrected chi connectivity index (χ0v) is 13.2. The van der Waals surface area contributed by atoms with E-state index in [0.29, 0.717) is 36.2 Å². The first kappa shape index (κ1) is 17.4. The van der Waals surface area contributed by atoms with Crippen molar-refractivity contribution >= 4 is 11.6 Å². The van der Waals surface area contributed by atoms with E-state index >= 15 is 0 Å². The van der Waals surface area contributed by atoms with E-state index in [1.165, 1.54) is 6.07 Å². The fraction of sp³-hybridized carbons (Fsp3) is 0.600. The average molecular weight is 303 g/mol. The summed E-state index contributed by atoms with van der Waals surface area (Å²) in [7, 11) is 1.66. The SMILES string of the molecule is COCCN(CC(C)C)C(CN)c1cc(Cl)ccc1F. The van der Waals surface area contributed by atoms with Crippen LogP contribution in [0.2, 0.25) is 5.02 Å². The number of methoxy groups -OCH3 is 1. The van der Waals surface area contributed by atoms with Crippen molar-refractivity contribution in [2.75, 3.05) is 33.4 Å². The highest BCUT2D eigenvalue weighted by Gasteiger charge is 2.22. The van der Waals surface area contributed by atoms with Gasteiger partial charge in [-0.15, -0.1) is 0 Å². The second-order valence-electron chi connectivity index (χ2n) is 5.30. The van der Waals surface area contributed by atoms with E-state index in [4.69, 9.17) is 22.1 Å². The fourth-order valence-electron chi connectivity index (χ4n) is 2.29. The van der Waals surface area contributed by atoms with E-state index in [2.05, 4.69) is 18.7 Å². The first-order valence-corrected chi connectivity index (χ1v) is 7.25. The number of rotatable bonds is 8. The molecule has 0 aliphatic heterocycles. The van der Waals surface area contributed by atoms with Crippen LogP contribution in [0.5, 0.6) is 0 Å². The van der Waals surface area contributed by atoms with Gasteiger partial charge in [-0.25, -0.2) is 4.39 Å². The van der Waals surface area contributed by atoms with Crippen molar-refractivity contribution in [1.29, 1.82) is 0 Å². The number of nitrogens with zero attached hydrogens (tertiary/aromatic N) is 1. The summed E-state index contributed by atoms with van der Waals surface area (Å²) in [6.45, 7) is 6.72. The number of benzene rings is 1. The van der Waals surface area contributed by atoms with Crippen LogP contribution >= 0.6 is 11.6 Å². The topological polar surface area (TPSA) is 38.5 Å². The van der Waals surface area contributed by atoms with Crippen LogP contribution in [0.4, 0.5) is 4.39 Å². The number of halogens is 2. The zero-order chi connectivity index (χ0) is 15.1. The molecule has 1 rings (SSSR count). The highest BCUT2D eigenvalue weighted by molar-refractivity contribution is 6.30. The first-order valence-electron chi connectivity index (χ1n) is 6.87. The van der Waals surface area contributed by atoms with Crippen molar-refractivity contribution < 1.29 is 9.13 Å². The number of hydrogen-bond donors (Lipinski definition) is 1. The van der Waals surface area contributed by atoms with Gasteiger partial charge < -0.3 is 10.5 Å². The predicted molar refractivity (Wildman–Crippen MR) is 81.5 cm³/mol. The van der Waals surface area contributed by atoms with Crippen molar-refractivity contribution in [3.05, 3.63) is 34.6 Å². The summed E-state index contributed by atoms with van der Waals surface area (Å²) in [4.78, 5) is 2.16. The molecule has 0 amide bonds. The van der Waals surface area contributed by atoms with Gasteiger partial charge in [-0.05, 0) is 24.1 Å². The molecule has 1 atom stereocenters. The summed E-state index contributed by atoms with van der Waals surface area (Å²) < 4.78 is 19.2. The van der Waals surface area contributed by atoms with Crippen LogP contribution < -0.4 is 5.73 Å². The lowest BCUT2D eigenvalue weighted by molar-refractivity contribution is 0.110. The van der Waals surface area contributed by atoms with E-state index in [1.54, 1.807) is 19.2 Å². The summed E-state index contributed by atoms with van der Waals surface area (Å²) in [5.74, 6) is 0.194. The maximum atomic E-state index is 14.1. The van der Waals surface area contributed by atoms with Crippen molar-refractivity contribution in [3.63, 3.8) is 0 Å². The van der Waals surface area contributed by atoms with Gasteiger partial charge in [-0.1, -0.05) is 25.4 Å². The van der Waals surface area contributed by atoms with Crippen LogP contribution in [-0.2, 0) is 4.74 Å². The molecule has 20 heavy (non-hydrogen) atoms. The molecule has 0 aromatic heterocycles. The van der Waals surface area contributed by atoms with Gasteiger partial charge in [0, 0.05) is 37.3 Å². The molecule has 0 saturated carbocycles. The van der Waals surface area contributed by atoms with Gasteiger partial charge in [0.1, 0.15) is 5.82 Å². The lowest BCUT2D eigenvalue weighted by Gasteiger charge is -2.32. The van der Waals surface area contributed by atoms with E-state index in [1.807, 2.05) is 0 Å². The summed E-state index contributed by atoms with van der Waals surface area (Å²) in [5.41, 5.74) is 6.43. The first-order chi connectivity index (χ1) is 9.49. The van der Waals surface area contributed by atoms with Crippen molar-refractivity contribution in [2.45, 2.75) is 19.9 Å². The highest BCUT2D eigenvalue weighted by atomic mass is 35.5. The molecule has 0 spiro atoms. The number of ether oxygens (including phenoxy) is 1. The highest BCUT2D eigenvalue weighted by Crippen LogP contribution is 2.26. The van der Waals surface area contributed by atoms with E-state index < -0.39 is 0 Å². The van der Waals surface area contributed by atoms with Gasteiger partial charge in [0.2, 0.25) is 0 Å². The van der Waals surface area contributed by atoms with Gasteiger partial charge in [-0.2, -0.15) is 0 Å². The monoisotopic (exact) mass is 302 g/mol. The van der Waals surface area contributed by atoms with Gasteiger partial charge in [0.25, 0.3) is 0 Å². The van der Waals surface area contributed by atoms with Gasteiger partial charge in [0.05, 0.1) is 12.6 Å². The normalized spacial score (nSPS) is 13.2. The van der Waals surface area contributed by atoms with Crippen LogP contribution in [-0.4, -0.2) is 38.3 Å². The van der Waals surface area contributed by atoms with Crippen LogP contribution in [0.15, 0.2) is 18.2 Å². The Kier molecular flexibility index (Phi) is 7.45. The molecule has 1 unspecified atom stereocenters. The molecule has 3 nitrogen and oxygen atoms in total. The minimum atomic E-state index is -0.268. The third-order valence-corrected chi connectivity index (χ3v) is 3.40. The van der Waals surface area contributed by atoms with E-state index in [-0.39, 0.29) is 11.9 Å². The molecular weight excluding hydrogens is 279 g/mol. The van der Waals surface area contributed by atoms with E-state index in [9.17, 15) is 4.39 Å². The molecule has 0 heterocycles. The maximum Gasteiger partial charge on any atom is 0.128 e. The van der Waals surface area contributed by atoms with Crippen LogP contribution in [0, 0.1) is 11.7 Å². The minimum Gasteiger partial charge on any atom is -0.383 e. The van der Waals surface area contributed by atoms with Gasteiger partial charge >= 0.3 is 0 Å². The second-order valence-corrected chi connectivity index (χ2v) is 5.74. The molecule has 0 aliphatic rings. The van der Waals surface area contributed by atoms with Crippen LogP contribution in [0.1, 0.15) is 25.5 Å². The quantitative estimate of drug-likeness (QED) is 0.802. The molecule has 5 heteroatoms. The maximum absolute atomic E-state index is 14.1. The number of nitrogens with two attached hydrogens (primary N) is 1. The Morgan fingerprint density at radius 2 is 2.10 bits per heavy atom. The van der Waals surface area contributed by atoms with E-state index in [0.717, 1.165) is 6.54 Å². The minimum absolute atomic E-state index is 0.189. The molecule has 1 aromatic carbocycles. The molecule has 2 N–H and O–H groups in total. The Hall–Kier alpha value is -0.680. The van der Waals surface area contributed by atoms with Gasteiger partial charge in [0.15, 0.2) is 0 Å². The molecular formula is C15H24ClFN2O. The second kappa shape index (κ2) is 8.57. The summed E-state index contributed by atoms with van der Waals surface area (Å²) in [5, 5.41) is 0.524. The molecule has 0 bridgehead atoms. The lowest BCUT2D eigenvalue weighted by atomic mass is 10.0. The largest absolute Gasteiger partial charge is 0.383 e. The molecule has 0 radical (unpaired) electrons. The summed E-state index contributed by atoms with van der Waals surface area (Å²) >= 11 is 5.98. The third kappa shape index (κ3) is 5.02. The summed E-state index contributed by atoms with van der Waals surface area (Å²) in [6.07, 6.45) is 0.